The molecular formula is C20H24N2O7. The first-order chi connectivity index (χ1) is 13.6. The van der Waals surface area contributed by atoms with Crippen LogP contribution in [0.1, 0.15) is 43.6 Å². The largest absolute Gasteiger partial charge is 0.457 e. The zero-order valence-electron chi connectivity index (χ0n) is 16.8. The van der Waals surface area contributed by atoms with Gasteiger partial charge in [-0.25, -0.2) is 4.79 Å². The fourth-order valence-corrected chi connectivity index (χ4v) is 3.24. The Bertz CT molecular complexity index is 859. The Hall–Kier alpha value is -2.94. The van der Waals surface area contributed by atoms with Gasteiger partial charge in [-0.1, -0.05) is 0 Å². The highest BCUT2D eigenvalue weighted by atomic mass is 16.6. The predicted molar refractivity (Wildman–Crippen MR) is 101 cm³/mol. The Balaban J connectivity index is 1.85. The first-order valence-corrected chi connectivity index (χ1v) is 9.31. The van der Waals surface area contributed by atoms with Gasteiger partial charge in [0.1, 0.15) is 5.60 Å². The van der Waals surface area contributed by atoms with E-state index in [0.717, 1.165) is 12.5 Å². The lowest BCUT2D eigenvalue weighted by atomic mass is 10.1. The molecule has 0 unspecified atom stereocenters. The quantitative estimate of drug-likeness (QED) is 0.743. The molecule has 9 heteroatoms. The Morgan fingerprint density at radius 3 is 2.66 bits per heavy atom. The van der Waals surface area contributed by atoms with Crippen molar-refractivity contribution in [1.29, 1.82) is 0 Å². The molecule has 1 aromatic carbocycles. The van der Waals surface area contributed by atoms with Crippen LogP contribution in [0.15, 0.2) is 18.2 Å². The number of carbonyl (C=O) groups excluding carboxylic acids is 4. The van der Waals surface area contributed by atoms with Crippen LogP contribution in [0.2, 0.25) is 0 Å². The highest BCUT2D eigenvalue weighted by Gasteiger charge is 2.44. The van der Waals surface area contributed by atoms with E-state index in [0.29, 0.717) is 17.8 Å². The number of anilines is 1. The number of esters is 2. The molecule has 3 rings (SSSR count). The number of benzene rings is 1. The molecule has 156 valence electrons. The number of morpholine rings is 1. The van der Waals surface area contributed by atoms with Crippen LogP contribution in [0, 0.1) is 0 Å². The van der Waals surface area contributed by atoms with E-state index in [-0.39, 0.29) is 19.1 Å². The summed E-state index contributed by atoms with van der Waals surface area (Å²) in [6.07, 6.45) is -2.84. The number of hydrogen-bond acceptors (Lipinski definition) is 7. The second-order valence-electron chi connectivity index (χ2n) is 7.87. The van der Waals surface area contributed by atoms with E-state index in [1.165, 1.54) is 4.90 Å². The predicted octanol–water partition coefficient (Wildman–Crippen LogP) is 0.935. The molecular weight excluding hydrogens is 380 g/mol. The highest BCUT2D eigenvalue weighted by molar-refractivity contribution is 6.02. The summed E-state index contributed by atoms with van der Waals surface area (Å²) in [5.41, 5.74) is 1.10. The van der Waals surface area contributed by atoms with Crippen molar-refractivity contribution in [2.24, 2.45) is 0 Å². The van der Waals surface area contributed by atoms with Crippen molar-refractivity contribution in [2.45, 2.75) is 52.0 Å². The topological polar surface area (TPSA) is 111 Å². The number of fused-ring (bicyclic) bond motifs is 1. The monoisotopic (exact) mass is 404 g/mol. The highest BCUT2D eigenvalue weighted by Crippen LogP contribution is 2.27. The van der Waals surface area contributed by atoms with E-state index in [1.54, 1.807) is 39.0 Å². The number of carbonyl (C=O) groups is 4. The van der Waals surface area contributed by atoms with Gasteiger partial charge in [-0.2, -0.15) is 0 Å². The fourth-order valence-electron chi connectivity index (χ4n) is 3.24. The third-order valence-electron chi connectivity index (χ3n) is 4.41. The van der Waals surface area contributed by atoms with Gasteiger partial charge in [0, 0.05) is 31.3 Å². The van der Waals surface area contributed by atoms with Crippen molar-refractivity contribution in [3.8, 4) is 0 Å². The van der Waals surface area contributed by atoms with Gasteiger partial charge < -0.3 is 24.4 Å². The number of hydrogen-bond donors (Lipinski definition) is 1. The van der Waals surface area contributed by atoms with Gasteiger partial charge in [0.25, 0.3) is 11.8 Å². The molecule has 2 atom stereocenters. The number of nitrogens with zero attached hydrogens (tertiary/aromatic N) is 1. The Kier molecular flexibility index (Phi) is 5.61. The molecule has 1 aromatic rings. The van der Waals surface area contributed by atoms with E-state index in [2.05, 4.69) is 5.32 Å². The maximum Gasteiger partial charge on any atom is 0.351 e. The zero-order valence-corrected chi connectivity index (χ0v) is 16.8. The molecule has 0 aliphatic carbocycles. The average molecular weight is 404 g/mol. The maximum absolute atomic E-state index is 13.1. The van der Waals surface area contributed by atoms with Gasteiger partial charge in [-0.05, 0) is 44.5 Å². The van der Waals surface area contributed by atoms with E-state index in [9.17, 15) is 19.2 Å². The summed E-state index contributed by atoms with van der Waals surface area (Å²) in [6.45, 7) is 6.95. The third kappa shape index (κ3) is 4.56. The van der Waals surface area contributed by atoms with Gasteiger partial charge in [-0.15, -0.1) is 0 Å². The van der Waals surface area contributed by atoms with Crippen LogP contribution in [0.5, 0.6) is 0 Å². The molecule has 2 amide bonds. The van der Waals surface area contributed by atoms with Gasteiger partial charge in [0.05, 0.1) is 6.61 Å². The van der Waals surface area contributed by atoms with Crippen molar-refractivity contribution < 1.29 is 33.4 Å². The summed E-state index contributed by atoms with van der Waals surface area (Å²) < 4.78 is 15.9. The minimum absolute atomic E-state index is 0.144. The molecule has 1 saturated heterocycles. The first kappa shape index (κ1) is 20.8. The molecule has 9 nitrogen and oxygen atoms in total. The SMILES string of the molecule is CC(=O)O[C@@H](C(=O)OC(C)(C)C)[C@H]1OCCN(c2ccc3c(c2)CNC3=O)C1=O. The normalized spacial score (nSPS) is 20.0. The van der Waals surface area contributed by atoms with Gasteiger partial charge in [0.2, 0.25) is 6.10 Å². The van der Waals surface area contributed by atoms with Crippen molar-refractivity contribution in [2.75, 3.05) is 18.1 Å². The van der Waals surface area contributed by atoms with Crippen LogP contribution in [0.4, 0.5) is 5.69 Å². The molecule has 1 fully saturated rings. The summed E-state index contributed by atoms with van der Waals surface area (Å²) in [6, 6.07) is 5.07. The van der Waals surface area contributed by atoms with Crippen molar-refractivity contribution in [3.63, 3.8) is 0 Å². The van der Waals surface area contributed by atoms with Crippen LogP contribution in [-0.2, 0) is 35.1 Å². The first-order valence-electron chi connectivity index (χ1n) is 9.31. The molecule has 2 aliphatic heterocycles. The van der Waals surface area contributed by atoms with E-state index in [4.69, 9.17) is 14.2 Å². The molecule has 0 aromatic heterocycles. The molecule has 0 bridgehead atoms. The lowest BCUT2D eigenvalue weighted by Crippen LogP contribution is -2.56. The van der Waals surface area contributed by atoms with E-state index < -0.39 is 35.7 Å². The summed E-state index contributed by atoms with van der Waals surface area (Å²) in [5.74, 6) is -2.25. The third-order valence-corrected chi connectivity index (χ3v) is 4.41. The summed E-state index contributed by atoms with van der Waals surface area (Å²) in [4.78, 5) is 50.4. The van der Waals surface area contributed by atoms with Crippen LogP contribution >= 0.6 is 0 Å². The zero-order chi connectivity index (χ0) is 21.3. The molecule has 0 spiro atoms. The van der Waals surface area contributed by atoms with Crippen molar-refractivity contribution >= 4 is 29.4 Å². The summed E-state index contributed by atoms with van der Waals surface area (Å²) in [5, 5.41) is 2.73. The van der Waals surface area contributed by atoms with E-state index >= 15 is 0 Å². The van der Waals surface area contributed by atoms with Crippen LogP contribution in [0.25, 0.3) is 0 Å². The molecule has 0 radical (unpaired) electrons. The van der Waals surface area contributed by atoms with Gasteiger partial charge >= 0.3 is 11.9 Å². The minimum atomic E-state index is -1.51. The number of nitrogens with one attached hydrogen (secondary N) is 1. The fraction of sp³-hybridized carbons (Fsp3) is 0.500. The van der Waals surface area contributed by atoms with Crippen LogP contribution < -0.4 is 10.2 Å². The molecule has 1 N–H and O–H groups in total. The van der Waals surface area contributed by atoms with Gasteiger partial charge in [-0.3, -0.25) is 14.4 Å². The second-order valence-corrected chi connectivity index (χ2v) is 7.87. The van der Waals surface area contributed by atoms with E-state index in [1.807, 2.05) is 0 Å². The van der Waals surface area contributed by atoms with Crippen LogP contribution in [-0.4, -0.2) is 54.7 Å². The van der Waals surface area contributed by atoms with Gasteiger partial charge in [0.15, 0.2) is 6.10 Å². The Morgan fingerprint density at radius 1 is 1.28 bits per heavy atom. The van der Waals surface area contributed by atoms with Crippen LogP contribution in [0.3, 0.4) is 0 Å². The lowest BCUT2D eigenvalue weighted by Gasteiger charge is -2.35. The minimum Gasteiger partial charge on any atom is -0.457 e. The number of rotatable bonds is 4. The standard InChI is InChI=1S/C20H24N2O7/c1-11(23)28-16(19(26)29-20(2,3)4)15-18(25)22(7-8-27-15)13-5-6-14-12(9-13)10-21-17(14)24/h5-6,9,15-16H,7-8,10H2,1-4H3,(H,21,24)/t15-,16-/m1/s1. The Labute approximate surface area is 168 Å². The smallest absolute Gasteiger partial charge is 0.351 e. The summed E-state index contributed by atoms with van der Waals surface area (Å²) in [7, 11) is 0. The molecule has 2 aliphatic rings. The average Bonchev–Trinajstić information content (AvgIpc) is 2.99. The lowest BCUT2D eigenvalue weighted by molar-refractivity contribution is -0.188. The molecule has 2 heterocycles. The van der Waals surface area contributed by atoms with Crippen molar-refractivity contribution in [1.82, 2.24) is 5.32 Å². The molecule has 0 saturated carbocycles. The second kappa shape index (κ2) is 7.82. The Morgan fingerprint density at radius 2 is 2.00 bits per heavy atom. The number of ether oxygens (including phenoxy) is 3. The number of amides is 2. The summed E-state index contributed by atoms with van der Waals surface area (Å²) >= 11 is 0. The molecule has 29 heavy (non-hydrogen) atoms. The maximum atomic E-state index is 13.1. The van der Waals surface area contributed by atoms with Crippen molar-refractivity contribution in [3.05, 3.63) is 29.3 Å².